The third-order valence-corrected chi connectivity index (χ3v) is 4.11. The largest absolute Gasteiger partial charge is 0.325 e. The molecule has 0 saturated heterocycles. The molecule has 21 heavy (non-hydrogen) atoms. The van der Waals surface area contributed by atoms with Gasteiger partial charge in [0.2, 0.25) is 5.91 Å². The van der Waals surface area contributed by atoms with Crippen LogP contribution in [0, 0.1) is 0 Å². The lowest BCUT2D eigenvalue weighted by molar-refractivity contribution is -0.120. The Kier molecular flexibility index (Phi) is 3.41. The topological polar surface area (TPSA) is 77.9 Å². The molecule has 0 aliphatic carbocycles. The first-order valence-electron chi connectivity index (χ1n) is 6.37. The minimum absolute atomic E-state index is 0.288. The van der Waals surface area contributed by atoms with Crippen LogP contribution in [0.5, 0.6) is 0 Å². The number of amides is 1. The van der Waals surface area contributed by atoms with Crippen molar-refractivity contribution in [2.75, 3.05) is 5.32 Å². The molecule has 1 atom stereocenters. The number of anilines is 1. The lowest BCUT2D eigenvalue weighted by atomic mass is 9.86. The normalized spacial score (nSPS) is 19.6. The molecule has 6 heteroatoms. The molecule has 5 nitrogen and oxygen atoms in total. The van der Waals surface area contributed by atoms with Gasteiger partial charge in [-0.05, 0) is 41.3 Å². The van der Waals surface area contributed by atoms with Gasteiger partial charge in [0, 0.05) is 15.1 Å². The predicted octanol–water partition coefficient (Wildman–Crippen LogP) is 4.15. The molecule has 1 amide bonds. The number of hydrogen-bond donors (Lipinski definition) is 1. The van der Waals surface area contributed by atoms with Gasteiger partial charge in [-0.3, -0.25) is 4.79 Å². The van der Waals surface area contributed by atoms with Crippen LogP contribution in [0.3, 0.4) is 0 Å². The molecule has 1 aliphatic rings. The van der Waals surface area contributed by atoms with Gasteiger partial charge in [0.25, 0.3) is 0 Å². The summed E-state index contributed by atoms with van der Waals surface area (Å²) in [5.41, 5.74) is 10.1. The Morgan fingerprint density at radius 2 is 1.90 bits per heavy atom. The van der Waals surface area contributed by atoms with E-state index in [2.05, 4.69) is 31.3 Å². The van der Waals surface area contributed by atoms with Crippen molar-refractivity contribution < 1.29 is 4.79 Å². The highest BCUT2D eigenvalue weighted by molar-refractivity contribution is 9.10. The lowest BCUT2D eigenvalue weighted by Crippen LogP contribution is -2.34. The predicted molar refractivity (Wildman–Crippen MR) is 83.7 cm³/mol. The van der Waals surface area contributed by atoms with Crippen LogP contribution in [0.25, 0.3) is 10.4 Å². The Balaban J connectivity index is 2.10. The van der Waals surface area contributed by atoms with Crippen LogP contribution < -0.4 is 5.32 Å². The number of rotatable bonds is 3. The minimum atomic E-state index is -1.22. The lowest BCUT2D eigenvalue weighted by Gasteiger charge is -2.21. The standard InChI is InChI=1S/C15H11BrN4O/c16-11-7-5-10(6-8-11)9-15(19-20-17)12-3-1-2-4-13(12)18-14(15)21/h1-8H,9H2,(H,18,21). The van der Waals surface area contributed by atoms with Crippen molar-refractivity contribution in [2.45, 2.75) is 12.0 Å². The van der Waals surface area contributed by atoms with Crippen LogP contribution in [0.2, 0.25) is 0 Å². The van der Waals surface area contributed by atoms with Crippen molar-refractivity contribution in [1.82, 2.24) is 0 Å². The Labute approximate surface area is 129 Å². The molecule has 0 aromatic heterocycles. The SMILES string of the molecule is [N-]=[N+]=NC1(Cc2ccc(Br)cc2)C(=O)Nc2ccccc21. The number of benzene rings is 2. The molecule has 1 aliphatic heterocycles. The number of carbonyl (C=O) groups is 1. The maximum atomic E-state index is 12.4. The highest BCUT2D eigenvalue weighted by Crippen LogP contribution is 2.41. The summed E-state index contributed by atoms with van der Waals surface area (Å²) in [5, 5.41) is 6.64. The maximum Gasteiger partial charge on any atom is 0.241 e. The molecule has 2 aromatic rings. The second-order valence-electron chi connectivity index (χ2n) is 4.85. The average molecular weight is 343 g/mol. The van der Waals surface area contributed by atoms with Gasteiger partial charge in [0.1, 0.15) is 0 Å². The van der Waals surface area contributed by atoms with Crippen LogP contribution in [0.15, 0.2) is 58.1 Å². The fourth-order valence-corrected chi connectivity index (χ4v) is 2.85. The Bertz CT molecular complexity index is 753. The van der Waals surface area contributed by atoms with Crippen LogP contribution in [0.4, 0.5) is 5.69 Å². The van der Waals surface area contributed by atoms with Crippen molar-refractivity contribution in [2.24, 2.45) is 5.11 Å². The van der Waals surface area contributed by atoms with E-state index in [0.29, 0.717) is 12.1 Å². The molecule has 0 spiro atoms. The summed E-state index contributed by atoms with van der Waals surface area (Å²) in [7, 11) is 0. The van der Waals surface area contributed by atoms with E-state index >= 15 is 0 Å². The number of azide groups is 1. The van der Waals surface area contributed by atoms with Gasteiger partial charge in [-0.2, -0.15) is 0 Å². The van der Waals surface area contributed by atoms with Gasteiger partial charge in [-0.15, -0.1) is 0 Å². The molecule has 0 bridgehead atoms. The van der Waals surface area contributed by atoms with Crippen LogP contribution >= 0.6 is 15.9 Å². The van der Waals surface area contributed by atoms with Crippen molar-refractivity contribution in [3.63, 3.8) is 0 Å². The van der Waals surface area contributed by atoms with Gasteiger partial charge in [-0.25, -0.2) is 0 Å². The maximum absolute atomic E-state index is 12.4. The number of hydrogen-bond acceptors (Lipinski definition) is 2. The minimum Gasteiger partial charge on any atom is -0.325 e. The summed E-state index contributed by atoms with van der Waals surface area (Å²) < 4.78 is 0.959. The second-order valence-corrected chi connectivity index (χ2v) is 5.77. The molecule has 2 aromatic carbocycles. The smallest absolute Gasteiger partial charge is 0.241 e. The van der Waals surface area contributed by atoms with Gasteiger partial charge >= 0.3 is 0 Å². The van der Waals surface area contributed by atoms with E-state index in [1.165, 1.54) is 0 Å². The first kappa shape index (κ1) is 13.7. The zero-order valence-corrected chi connectivity index (χ0v) is 12.5. The molecule has 0 fully saturated rings. The van der Waals surface area contributed by atoms with Crippen molar-refractivity contribution >= 4 is 27.5 Å². The molecule has 1 unspecified atom stereocenters. The molecule has 3 rings (SSSR count). The van der Waals surface area contributed by atoms with Gasteiger partial charge in [0.15, 0.2) is 5.54 Å². The molecular formula is C15H11BrN4O. The first-order chi connectivity index (χ1) is 10.2. The highest BCUT2D eigenvalue weighted by Gasteiger charge is 2.46. The number of nitrogens with one attached hydrogen (secondary N) is 1. The van der Waals surface area contributed by atoms with Crippen LogP contribution in [-0.4, -0.2) is 5.91 Å². The van der Waals surface area contributed by atoms with E-state index in [1.807, 2.05) is 48.5 Å². The van der Waals surface area contributed by atoms with Gasteiger partial charge in [-0.1, -0.05) is 51.4 Å². The van der Waals surface area contributed by atoms with E-state index in [9.17, 15) is 4.79 Å². The number of fused-ring (bicyclic) bond motifs is 1. The number of para-hydroxylation sites is 1. The zero-order chi connectivity index (χ0) is 14.9. The number of halogens is 1. The van der Waals surface area contributed by atoms with Gasteiger partial charge < -0.3 is 5.32 Å². The van der Waals surface area contributed by atoms with Crippen molar-refractivity contribution in [3.05, 3.63) is 74.6 Å². The van der Waals surface area contributed by atoms with E-state index < -0.39 is 5.54 Å². The molecule has 104 valence electrons. The van der Waals surface area contributed by atoms with E-state index in [4.69, 9.17) is 5.53 Å². The van der Waals surface area contributed by atoms with Gasteiger partial charge in [0.05, 0.1) is 0 Å². The molecule has 0 radical (unpaired) electrons. The van der Waals surface area contributed by atoms with Crippen LogP contribution in [0.1, 0.15) is 11.1 Å². The summed E-state index contributed by atoms with van der Waals surface area (Å²) in [4.78, 5) is 15.3. The monoisotopic (exact) mass is 342 g/mol. The van der Waals surface area contributed by atoms with Crippen molar-refractivity contribution in [3.8, 4) is 0 Å². The molecular weight excluding hydrogens is 332 g/mol. The first-order valence-corrected chi connectivity index (χ1v) is 7.17. The summed E-state index contributed by atoms with van der Waals surface area (Å²) in [6.45, 7) is 0. The molecule has 0 saturated carbocycles. The average Bonchev–Trinajstić information content (AvgIpc) is 2.75. The summed E-state index contributed by atoms with van der Waals surface area (Å²) >= 11 is 3.38. The Morgan fingerprint density at radius 1 is 1.19 bits per heavy atom. The fraction of sp³-hybridized carbons (Fsp3) is 0.133. The van der Waals surface area contributed by atoms with Crippen molar-refractivity contribution in [1.29, 1.82) is 0 Å². The Hall–Kier alpha value is -2.30. The summed E-state index contributed by atoms with van der Waals surface area (Å²) in [6, 6.07) is 14.9. The number of nitrogens with zero attached hydrogens (tertiary/aromatic N) is 3. The highest BCUT2D eigenvalue weighted by atomic mass is 79.9. The number of carbonyl (C=O) groups excluding carboxylic acids is 1. The van der Waals surface area contributed by atoms with E-state index in [1.54, 1.807) is 0 Å². The third-order valence-electron chi connectivity index (χ3n) is 3.59. The zero-order valence-electron chi connectivity index (χ0n) is 11.0. The third kappa shape index (κ3) is 2.28. The second kappa shape index (κ2) is 5.24. The Morgan fingerprint density at radius 3 is 2.62 bits per heavy atom. The summed E-state index contributed by atoms with van der Waals surface area (Å²) in [5.74, 6) is -0.288. The quantitative estimate of drug-likeness (QED) is 0.507. The van der Waals surface area contributed by atoms with Crippen LogP contribution in [-0.2, 0) is 16.8 Å². The summed E-state index contributed by atoms with van der Waals surface area (Å²) in [6.07, 6.45) is 0.327. The molecule has 1 N–H and O–H groups in total. The van der Waals surface area contributed by atoms with E-state index in [0.717, 1.165) is 15.6 Å². The fourth-order valence-electron chi connectivity index (χ4n) is 2.58. The van der Waals surface area contributed by atoms with E-state index in [-0.39, 0.29) is 5.91 Å². The molecule has 1 heterocycles.